The maximum atomic E-state index is 12.0. The van der Waals surface area contributed by atoms with E-state index in [2.05, 4.69) is 27.0 Å². The number of amides is 1. The molecule has 2 aromatic carbocycles. The summed E-state index contributed by atoms with van der Waals surface area (Å²) in [6.45, 7) is 5.35. The molecule has 3 aromatic heterocycles. The van der Waals surface area contributed by atoms with Crippen LogP contribution in [0, 0.1) is 0 Å². The first-order valence-electron chi connectivity index (χ1n) is 11.3. The van der Waals surface area contributed by atoms with Gasteiger partial charge in [-0.2, -0.15) is 0 Å². The van der Waals surface area contributed by atoms with Crippen LogP contribution in [0.25, 0.3) is 33.4 Å². The topological polar surface area (TPSA) is 113 Å². The van der Waals surface area contributed by atoms with Crippen molar-refractivity contribution >= 4 is 28.4 Å². The van der Waals surface area contributed by atoms with Crippen molar-refractivity contribution in [1.29, 1.82) is 0 Å². The van der Waals surface area contributed by atoms with Crippen molar-refractivity contribution in [3.63, 3.8) is 0 Å². The Hall–Kier alpha value is -4.92. The van der Waals surface area contributed by atoms with Gasteiger partial charge in [0.1, 0.15) is 23.5 Å². The van der Waals surface area contributed by atoms with E-state index < -0.39 is 0 Å². The largest absolute Gasteiger partial charge is 0.438 e. The Balaban J connectivity index is 1.58. The molecule has 0 aliphatic carbocycles. The van der Waals surface area contributed by atoms with Crippen LogP contribution in [-0.4, -0.2) is 30.2 Å². The summed E-state index contributed by atoms with van der Waals surface area (Å²) in [5.41, 5.74) is 11.9. The highest BCUT2D eigenvalue weighted by molar-refractivity contribution is 6.08. The first kappa shape index (κ1) is 22.9. The Morgan fingerprint density at radius 1 is 1.00 bits per heavy atom. The number of nitrogens with one attached hydrogen (secondary N) is 1. The fraction of sp³-hybridized carbons (Fsp3) is 0.111. The van der Waals surface area contributed by atoms with Crippen LogP contribution in [0.15, 0.2) is 79.3 Å². The zero-order valence-corrected chi connectivity index (χ0v) is 20.2. The van der Waals surface area contributed by atoms with E-state index in [9.17, 15) is 4.79 Å². The van der Waals surface area contributed by atoms with E-state index in [-0.39, 0.29) is 5.91 Å². The van der Waals surface area contributed by atoms with Crippen molar-refractivity contribution in [2.24, 2.45) is 14.1 Å². The fourth-order valence-corrected chi connectivity index (χ4v) is 4.10. The first-order chi connectivity index (χ1) is 17.3. The summed E-state index contributed by atoms with van der Waals surface area (Å²) >= 11 is 0. The maximum absolute atomic E-state index is 12.0. The number of ether oxygens (including phenoxy) is 1. The van der Waals surface area contributed by atoms with Gasteiger partial charge in [-0.05, 0) is 42.3 Å². The van der Waals surface area contributed by atoms with Gasteiger partial charge in [0.25, 0.3) is 5.91 Å². The normalized spacial score (nSPS) is 11.0. The summed E-state index contributed by atoms with van der Waals surface area (Å²) in [4.78, 5) is 20.7. The number of hydrogen-bond acceptors (Lipinski definition) is 6. The zero-order chi connectivity index (χ0) is 25.4. The fourth-order valence-electron chi connectivity index (χ4n) is 4.10. The second kappa shape index (κ2) is 9.03. The molecule has 0 unspecified atom stereocenters. The number of carbonyl (C=O) groups excluding carboxylic acids is 1. The van der Waals surface area contributed by atoms with Gasteiger partial charge in [-0.3, -0.25) is 9.48 Å². The molecule has 0 fully saturated rings. The predicted octanol–water partition coefficient (Wildman–Crippen LogP) is 4.92. The summed E-state index contributed by atoms with van der Waals surface area (Å²) in [7, 11) is 3.79. The summed E-state index contributed by atoms with van der Waals surface area (Å²) in [5.74, 6) is 1.37. The summed E-state index contributed by atoms with van der Waals surface area (Å²) in [6.07, 6.45) is 3.29. The minimum Gasteiger partial charge on any atom is -0.438 e. The second-order valence-corrected chi connectivity index (χ2v) is 8.51. The summed E-state index contributed by atoms with van der Waals surface area (Å²) in [6, 6.07) is 17.2. The molecule has 3 N–H and O–H groups in total. The van der Waals surface area contributed by atoms with Crippen LogP contribution in [0.1, 0.15) is 6.92 Å². The SMILES string of the molecule is C=C(C)C(=O)Nc1ccc(-c2c(-c3ccc(Oc4ccn(C)n4)cc3)c3c(N)ncnc3n2C)cc1. The first-order valence-corrected chi connectivity index (χ1v) is 11.3. The van der Waals surface area contributed by atoms with Crippen molar-refractivity contribution in [1.82, 2.24) is 24.3 Å². The van der Waals surface area contributed by atoms with E-state index in [1.165, 1.54) is 6.33 Å². The van der Waals surface area contributed by atoms with E-state index >= 15 is 0 Å². The Labute approximate surface area is 207 Å². The van der Waals surface area contributed by atoms with Crippen molar-refractivity contribution in [2.75, 3.05) is 11.1 Å². The zero-order valence-electron chi connectivity index (χ0n) is 20.2. The van der Waals surface area contributed by atoms with E-state index in [0.717, 1.165) is 33.4 Å². The average Bonchev–Trinajstić information content (AvgIpc) is 3.41. The number of nitrogens with zero attached hydrogens (tertiary/aromatic N) is 5. The number of rotatable bonds is 6. The standard InChI is InChI=1S/C27H25N7O2/c1-16(2)27(35)31-19-9-5-18(6-10-19)24-22(23-25(28)29-15-30-26(23)34(24)4)17-7-11-20(12-8-17)36-21-13-14-33(3)32-21/h5-15H,1H2,2-4H3,(H,31,35)(H2,28,29,30). The Bertz CT molecular complexity index is 1600. The van der Waals surface area contributed by atoms with Crippen LogP contribution in [0.5, 0.6) is 11.6 Å². The number of aryl methyl sites for hydroxylation is 2. The lowest BCUT2D eigenvalue weighted by Crippen LogP contribution is -2.11. The highest BCUT2D eigenvalue weighted by Gasteiger charge is 2.22. The highest BCUT2D eigenvalue weighted by atomic mass is 16.5. The molecule has 3 heterocycles. The van der Waals surface area contributed by atoms with Crippen LogP contribution in [-0.2, 0) is 18.9 Å². The molecule has 0 spiro atoms. The van der Waals surface area contributed by atoms with Crippen molar-refractivity contribution in [3.8, 4) is 34.0 Å². The smallest absolute Gasteiger partial charge is 0.250 e. The van der Waals surface area contributed by atoms with Gasteiger partial charge in [-0.25, -0.2) is 9.97 Å². The highest BCUT2D eigenvalue weighted by Crippen LogP contribution is 2.42. The molecule has 0 atom stereocenters. The minimum absolute atomic E-state index is 0.218. The Morgan fingerprint density at radius 2 is 1.69 bits per heavy atom. The van der Waals surface area contributed by atoms with E-state index in [0.29, 0.717) is 28.7 Å². The quantitative estimate of drug-likeness (QED) is 0.334. The predicted molar refractivity (Wildman–Crippen MR) is 141 cm³/mol. The molecule has 1 amide bonds. The van der Waals surface area contributed by atoms with Crippen LogP contribution in [0.4, 0.5) is 11.5 Å². The number of hydrogen-bond donors (Lipinski definition) is 2. The number of nitrogens with two attached hydrogens (primary N) is 1. The van der Waals surface area contributed by atoms with Gasteiger partial charge < -0.3 is 20.4 Å². The van der Waals surface area contributed by atoms with Gasteiger partial charge >= 0.3 is 0 Å². The van der Waals surface area contributed by atoms with Crippen LogP contribution < -0.4 is 15.8 Å². The molecular formula is C27H25N7O2. The number of carbonyl (C=O) groups is 1. The second-order valence-electron chi connectivity index (χ2n) is 8.51. The molecular weight excluding hydrogens is 454 g/mol. The van der Waals surface area contributed by atoms with Gasteiger partial charge in [0.15, 0.2) is 0 Å². The summed E-state index contributed by atoms with van der Waals surface area (Å²) in [5, 5.41) is 7.87. The third-order valence-electron chi connectivity index (χ3n) is 5.85. The van der Waals surface area contributed by atoms with Gasteiger partial charge in [0, 0.05) is 43.2 Å². The molecule has 36 heavy (non-hydrogen) atoms. The number of benzene rings is 2. The Kier molecular flexibility index (Phi) is 5.73. The minimum atomic E-state index is -0.218. The Morgan fingerprint density at radius 3 is 2.33 bits per heavy atom. The molecule has 5 aromatic rings. The van der Waals surface area contributed by atoms with Crippen molar-refractivity contribution < 1.29 is 9.53 Å². The molecule has 9 heteroatoms. The van der Waals surface area contributed by atoms with Crippen molar-refractivity contribution in [3.05, 3.63) is 79.3 Å². The molecule has 0 aliphatic rings. The third-order valence-corrected chi connectivity index (χ3v) is 5.85. The number of fused-ring (bicyclic) bond motifs is 1. The molecule has 0 aliphatic heterocycles. The van der Waals surface area contributed by atoms with E-state index in [4.69, 9.17) is 10.5 Å². The lowest BCUT2D eigenvalue weighted by Gasteiger charge is -2.11. The monoisotopic (exact) mass is 479 g/mol. The number of aromatic nitrogens is 5. The maximum Gasteiger partial charge on any atom is 0.250 e. The van der Waals surface area contributed by atoms with Crippen LogP contribution in [0.3, 0.4) is 0 Å². The molecule has 5 rings (SSSR count). The van der Waals surface area contributed by atoms with E-state index in [1.54, 1.807) is 17.7 Å². The van der Waals surface area contributed by atoms with E-state index in [1.807, 2.05) is 73.4 Å². The van der Waals surface area contributed by atoms with Gasteiger partial charge in [-0.1, -0.05) is 30.8 Å². The molecule has 0 radical (unpaired) electrons. The molecule has 9 nitrogen and oxygen atoms in total. The van der Waals surface area contributed by atoms with Crippen LogP contribution >= 0.6 is 0 Å². The van der Waals surface area contributed by atoms with Crippen LogP contribution in [0.2, 0.25) is 0 Å². The molecule has 0 saturated carbocycles. The summed E-state index contributed by atoms with van der Waals surface area (Å²) < 4.78 is 9.54. The lowest BCUT2D eigenvalue weighted by atomic mass is 9.98. The molecule has 0 bridgehead atoms. The van der Waals surface area contributed by atoms with Crippen molar-refractivity contribution in [2.45, 2.75) is 6.92 Å². The number of nitrogen functional groups attached to an aromatic ring is 1. The third kappa shape index (κ3) is 4.18. The van der Waals surface area contributed by atoms with Gasteiger partial charge in [0.2, 0.25) is 5.88 Å². The average molecular weight is 480 g/mol. The lowest BCUT2D eigenvalue weighted by molar-refractivity contribution is -0.112. The van der Waals surface area contributed by atoms with Gasteiger partial charge in [-0.15, -0.1) is 5.10 Å². The molecule has 0 saturated heterocycles. The number of anilines is 2. The molecule has 180 valence electrons. The van der Waals surface area contributed by atoms with Gasteiger partial charge in [0.05, 0.1) is 11.1 Å².